The van der Waals surface area contributed by atoms with Gasteiger partial charge < -0.3 is 4.98 Å². The van der Waals surface area contributed by atoms with Crippen molar-refractivity contribution in [3.05, 3.63) is 43.0 Å². The Labute approximate surface area is 86.0 Å². The molecule has 3 aromatic heterocycles. The number of nitrogens with zero attached hydrogens (tertiary/aromatic N) is 3. The van der Waals surface area contributed by atoms with Crippen molar-refractivity contribution in [1.82, 2.24) is 19.9 Å². The van der Waals surface area contributed by atoms with Gasteiger partial charge in [-0.25, -0.2) is 9.97 Å². The Morgan fingerprint density at radius 1 is 1.00 bits per heavy atom. The molecule has 4 nitrogen and oxygen atoms in total. The molecule has 0 fully saturated rings. The van der Waals surface area contributed by atoms with Crippen molar-refractivity contribution in [2.45, 2.75) is 0 Å². The average Bonchev–Trinajstić information content (AvgIpc) is 2.78. The topological polar surface area (TPSA) is 54.5 Å². The van der Waals surface area contributed by atoms with Crippen LogP contribution < -0.4 is 0 Å². The summed E-state index contributed by atoms with van der Waals surface area (Å²) in [5, 5.41) is 0.996. The molecule has 3 rings (SSSR count). The van der Waals surface area contributed by atoms with Crippen LogP contribution in [0.3, 0.4) is 0 Å². The molecule has 3 heterocycles. The van der Waals surface area contributed by atoms with Crippen LogP contribution in [0.25, 0.3) is 22.4 Å². The van der Waals surface area contributed by atoms with Gasteiger partial charge in [-0.1, -0.05) is 6.07 Å². The first-order chi connectivity index (χ1) is 7.45. The third kappa shape index (κ3) is 1.27. The highest BCUT2D eigenvalue weighted by Gasteiger charge is 2.06. The molecule has 0 saturated heterocycles. The van der Waals surface area contributed by atoms with E-state index in [2.05, 4.69) is 19.9 Å². The molecule has 15 heavy (non-hydrogen) atoms. The van der Waals surface area contributed by atoms with Crippen LogP contribution in [0.1, 0.15) is 0 Å². The first kappa shape index (κ1) is 8.11. The minimum absolute atomic E-state index is 0.839. The normalized spacial score (nSPS) is 10.7. The van der Waals surface area contributed by atoms with Gasteiger partial charge in [0.2, 0.25) is 0 Å². The fraction of sp³-hybridized carbons (Fsp3) is 0. The van der Waals surface area contributed by atoms with Crippen LogP contribution in [0.2, 0.25) is 0 Å². The molecule has 4 heteroatoms. The van der Waals surface area contributed by atoms with Gasteiger partial charge in [0, 0.05) is 17.8 Å². The van der Waals surface area contributed by atoms with E-state index in [1.54, 1.807) is 12.5 Å². The van der Waals surface area contributed by atoms with Crippen LogP contribution in [0.4, 0.5) is 0 Å². The fourth-order valence-electron chi connectivity index (χ4n) is 1.58. The standard InChI is InChI=1S/C11H8N4/c1-2-5-12-9(3-1)10-8-4-6-13-11(8)15-7-14-10/h1-7H,(H,13,14,15). The Morgan fingerprint density at radius 2 is 2.00 bits per heavy atom. The Balaban J connectivity index is 2.31. The molecule has 0 aromatic carbocycles. The second-order valence-corrected chi connectivity index (χ2v) is 3.18. The zero-order valence-corrected chi connectivity index (χ0v) is 7.88. The number of pyridine rings is 1. The molecule has 72 valence electrons. The van der Waals surface area contributed by atoms with Crippen molar-refractivity contribution in [2.24, 2.45) is 0 Å². The molecule has 0 atom stereocenters. The lowest BCUT2D eigenvalue weighted by molar-refractivity contribution is 1.18. The number of hydrogen-bond donors (Lipinski definition) is 1. The van der Waals surface area contributed by atoms with Crippen molar-refractivity contribution >= 4 is 11.0 Å². The number of nitrogens with one attached hydrogen (secondary N) is 1. The van der Waals surface area contributed by atoms with E-state index < -0.39 is 0 Å². The number of H-pyrrole nitrogens is 1. The van der Waals surface area contributed by atoms with Crippen molar-refractivity contribution in [2.75, 3.05) is 0 Å². The summed E-state index contributed by atoms with van der Waals surface area (Å²) in [5.41, 5.74) is 2.57. The molecular formula is C11H8N4. The number of aromatic nitrogens is 4. The van der Waals surface area contributed by atoms with Gasteiger partial charge in [0.05, 0.1) is 5.69 Å². The van der Waals surface area contributed by atoms with Gasteiger partial charge in [0.25, 0.3) is 0 Å². The molecule has 1 N–H and O–H groups in total. The van der Waals surface area contributed by atoms with Gasteiger partial charge >= 0.3 is 0 Å². The number of rotatable bonds is 1. The summed E-state index contributed by atoms with van der Waals surface area (Å²) in [6.45, 7) is 0. The van der Waals surface area contributed by atoms with E-state index in [1.165, 1.54) is 0 Å². The Kier molecular flexibility index (Phi) is 1.71. The first-order valence-electron chi connectivity index (χ1n) is 4.64. The van der Waals surface area contributed by atoms with E-state index in [1.807, 2.05) is 30.5 Å². The molecule has 0 aliphatic rings. The lowest BCUT2D eigenvalue weighted by Crippen LogP contribution is -1.88. The van der Waals surface area contributed by atoms with Crippen LogP contribution >= 0.6 is 0 Å². The minimum Gasteiger partial charge on any atom is -0.346 e. The second kappa shape index (κ2) is 3.16. The van der Waals surface area contributed by atoms with Gasteiger partial charge in [0.15, 0.2) is 0 Å². The van der Waals surface area contributed by atoms with E-state index in [4.69, 9.17) is 0 Å². The van der Waals surface area contributed by atoms with Crippen molar-refractivity contribution in [1.29, 1.82) is 0 Å². The third-order valence-corrected chi connectivity index (χ3v) is 2.26. The van der Waals surface area contributed by atoms with E-state index in [0.29, 0.717) is 0 Å². The monoisotopic (exact) mass is 196 g/mol. The molecule has 0 aliphatic carbocycles. The van der Waals surface area contributed by atoms with Crippen molar-refractivity contribution in [3.8, 4) is 11.4 Å². The van der Waals surface area contributed by atoms with E-state index in [-0.39, 0.29) is 0 Å². The Morgan fingerprint density at radius 3 is 2.87 bits per heavy atom. The minimum atomic E-state index is 0.839. The Hall–Kier alpha value is -2.23. The summed E-state index contributed by atoms with van der Waals surface area (Å²) in [5.74, 6) is 0. The van der Waals surface area contributed by atoms with Crippen LogP contribution in [0, 0.1) is 0 Å². The quantitative estimate of drug-likeness (QED) is 0.647. The molecule has 0 unspecified atom stereocenters. The van der Waals surface area contributed by atoms with E-state index in [9.17, 15) is 0 Å². The lowest BCUT2D eigenvalue weighted by Gasteiger charge is -1.99. The lowest BCUT2D eigenvalue weighted by atomic mass is 10.2. The number of hydrogen-bond acceptors (Lipinski definition) is 3. The smallest absolute Gasteiger partial charge is 0.141 e. The van der Waals surface area contributed by atoms with Gasteiger partial charge in [-0.15, -0.1) is 0 Å². The van der Waals surface area contributed by atoms with Crippen molar-refractivity contribution in [3.63, 3.8) is 0 Å². The molecule has 0 bridgehead atoms. The fourth-order valence-corrected chi connectivity index (χ4v) is 1.58. The summed E-state index contributed by atoms with van der Waals surface area (Å²) in [6, 6.07) is 7.73. The second-order valence-electron chi connectivity index (χ2n) is 3.18. The summed E-state index contributed by atoms with van der Waals surface area (Å²) < 4.78 is 0. The zero-order chi connectivity index (χ0) is 10.1. The maximum atomic E-state index is 4.27. The molecule has 3 aromatic rings. The van der Waals surface area contributed by atoms with Gasteiger partial charge in [0.1, 0.15) is 17.7 Å². The third-order valence-electron chi connectivity index (χ3n) is 2.26. The predicted octanol–water partition coefficient (Wildman–Crippen LogP) is 2.02. The predicted molar refractivity (Wildman–Crippen MR) is 57.1 cm³/mol. The average molecular weight is 196 g/mol. The van der Waals surface area contributed by atoms with Crippen LogP contribution in [-0.2, 0) is 0 Å². The van der Waals surface area contributed by atoms with E-state index >= 15 is 0 Å². The summed E-state index contributed by atoms with van der Waals surface area (Å²) in [4.78, 5) is 15.7. The zero-order valence-electron chi connectivity index (χ0n) is 7.88. The molecule has 0 radical (unpaired) electrons. The summed E-state index contributed by atoms with van der Waals surface area (Å²) in [7, 11) is 0. The highest BCUT2D eigenvalue weighted by molar-refractivity contribution is 5.89. The highest BCUT2D eigenvalue weighted by Crippen LogP contribution is 2.21. The summed E-state index contributed by atoms with van der Waals surface area (Å²) >= 11 is 0. The molecule has 0 saturated carbocycles. The van der Waals surface area contributed by atoms with E-state index in [0.717, 1.165) is 22.4 Å². The van der Waals surface area contributed by atoms with Crippen LogP contribution in [-0.4, -0.2) is 19.9 Å². The van der Waals surface area contributed by atoms with Gasteiger partial charge in [-0.05, 0) is 18.2 Å². The first-order valence-corrected chi connectivity index (χ1v) is 4.64. The maximum Gasteiger partial charge on any atom is 0.141 e. The molecule has 0 aliphatic heterocycles. The molecule has 0 amide bonds. The Bertz CT molecular complexity index is 586. The SMILES string of the molecule is c1ccc(-c2ncnc3[nH]ccc23)nc1. The van der Waals surface area contributed by atoms with Gasteiger partial charge in [-0.3, -0.25) is 4.98 Å². The largest absolute Gasteiger partial charge is 0.346 e. The molecular weight excluding hydrogens is 188 g/mol. The number of aromatic amines is 1. The maximum absolute atomic E-state index is 4.27. The van der Waals surface area contributed by atoms with Crippen LogP contribution in [0.5, 0.6) is 0 Å². The summed E-state index contributed by atoms with van der Waals surface area (Å²) in [6.07, 6.45) is 5.16. The highest BCUT2D eigenvalue weighted by atomic mass is 14.9. The van der Waals surface area contributed by atoms with Gasteiger partial charge in [-0.2, -0.15) is 0 Å². The number of fused-ring (bicyclic) bond motifs is 1. The van der Waals surface area contributed by atoms with Crippen molar-refractivity contribution < 1.29 is 0 Å². The molecule has 0 spiro atoms. The van der Waals surface area contributed by atoms with Crippen LogP contribution in [0.15, 0.2) is 43.0 Å².